The molecule has 0 bridgehead atoms. The fourth-order valence-electron chi connectivity index (χ4n) is 0.672. The summed E-state index contributed by atoms with van der Waals surface area (Å²) in [5, 5.41) is 6.76. The Hall–Kier alpha value is -0.660. The Morgan fingerprint density at radius 2 is 2.33 bits per heavy atom. The summed E-state index contributed by atoms with van der Waals surface area (Å²) in [6, 6.07) is 0. The second-order valence-corrected chi connectivity index (χ2v) is 2.29. The van der Waals surface area contributed by atoms with Gasteiger partial charge in [0.25, 0.3) is 0 Å². The van der Waals surface area contributed by atoms with Crippen molar-refractivity contribution in [2.24, 2.45) is 5.92 Å². The molecule has 0 aromatic rings. The maximum Gasteiger partial charge on any atom is 0.120 e. The Morgan fingerprint density at radius 3 is 2.78 bits per heavy atom. The Balaban J connectivity index is 3.14. The zero-order valence-electron chi connectivity index (χ0n) is 5.76. The maximum atomic E-state index is 9.86. The van der Waals surface area contributed by atoms with Crippen LogP contribution in [-0.4, -0.2) is 12.5 Å². The molecule has 1 N–H and O–H groups in total. The quantitative estimate of drug-likeness (QED) is 0.442. The van der Waals surface area contributed by atoms with E-state index in [4.69, 9.17) is 5.41 Å². The molecule has 0 heterocycles. The first-order chi connectivity index (χ1) is 4.31. The first-order valence-corrected chi connectivity index (χ1v) is 3.23. The number of aldehydes is 1. The van der Waals surface area contributed by atoms with E-state index in [1.54, 1.807) is 0 Å². The minimum absolute atomic E-state index is 0.493. The summed E-state index contributed by atoms with van der Waals surface area (Å²) in [7, 11) is 0. The van der Waals surface area contributed by atoms with Crippen LogP contribution >= 0.6 is 0 Å². The monoisotopic (exact) mass is 127 g/mol. The van der Waals surface area contributed by atoms with Crippen LogP contribution < -0.4 is 0 Å². The van der Waals surface area contributed by atoms with Gasteiger partial charge in [0.2, 0.25) is 0 Å². The molecule has 0 aliphatic rings. The largest absolute Gasteiger partial charge is 0.313 e. The van der Waals surface area contributed by atoms with Crippen LogP contribution in [0.5, 0.6) is 0 Å². The van der Waals surface area contributed by atoms with Gasteiger partial charge in [-0.2, -0.15) is 0 Å². The molecule has 0 spiro atoms. The molecular formula is C7H13NO. The van der Waals surface area contributed by atoms with E-state index in [0.717, 1.165) is 19.1 Å². The van der Waals surface area contributed by atoms with E-state index >= 15 is 0 Å². The van der Waals surface area contributed by atoms with Crippen LogP contribution in [0.3, 0.4) is 0 Å². The third-order valence-corrected chi connectivity index (χ3v) is 1.30. The number of carbonyl (C=O) groups excluding carboxylic acids is 1. The average Bonchev–Trinajstić information content (AvgIpc) is 1.85. The van der Waals surface area contributed by atoms with Gasteiger partial charge in [0, 0.05) is 6.42 Å². The Kier molecular flexibility index (Phi) is 5.07. The summed E-state index contributed by atoms with van der Waals surface area (Å²) < 4.78 is 0. The van der Waals surface area contributed by atoms with E-state index in [1.807, 2.05) is 0 Å². The molecule has 0 aliphatic heterocycles. The van der Waals surface area contributed by atoms with Gasteiger partial charge in [0.15, 0.2) is 0 Å². The van der Waals surface area contributed by atoms with Crippen LogP contribution in [-0.2, 0) is 4.79 Å². The first-order valence-electron chi connectivity index (χ1n) is 3.23. The molecule has 2 heteroatoms. The van der Waals surface area contributed by atoms with Gasteiger partial charge in [-0.05, 0) is 25.0 Å². The molecule has 0 aliphatic carbocycles. The summed E-state index contributed by atoms with van der Waals surface area (Å²) in [6.07, 6.45) is 4.68. The number of carbonyl (C=O) groups is 1. The van der Waals surface area contributed by atoms with Gasteiger partial charge in [0.05, 0.1) is 0 Å². The summed E-state index contributed by atoms with van der Waals surface area (Å²) >= 11 is 0. The Morgan fingerprint density at radius 1 is 1.67 bits per heavy atom. The van der Waals surface area contributed by atoms with Crippen molar-refractivity contribution < 1.29 is 4.79 Å². The number of hydrogen-bond acceptors (Lipinski definition) is 2. The Labute approximate surface area is 55.8 Å². The maximum absolute atomic E-state index is 9.86. The fourth-order valence-corrected chi connectivity index (χ4v) is 0.672. The predicted molar refractivity (Wildman–Crippen MR) is 37.9 cm³/mol. The van der Waals surface area contributed by atoms with Crippen molar-refractivity contribution in [3.8, 4) is 0 Å². The van der Waals surface area contributed by atoms with Crippen molar-refractivity contribution >= 4 is 12.5 Å². The minimum Gasteiger partial charge on any atom is -0.313 e. The van der Waals surface area contributed by atoms with Crippen molar-refractivity contribution in [3.05, 3.63) is 0 Å². The second-order valence-electron chi connectivity index (χ2n) is 2.29. The summed E-state index contributed by atoms with van der Waals surface area (Å²) in [4.78, 5) is 9.86. The molecule has 0 amide bonds. The fraction of sp³-hybridized carbons (Fsp3) is 0.714. The van der Waals surface area contributed by atoms with Gasteiger partial charge in [-0.1, -0.05) is 6.92 Å². The van der Waals surface area contributed by atoms with Crippen molar-refractivity contribution in [2.75, 3.05) is 0 Å². The van der Waals surface area contributed by atoms with Crippen molar-refractivity contribution in [1.82, 2.24) is 0 Å². The lowest BCUT2D eigenvalue weighted by atomic mass is 10.0. The number of nitrogens with one attached hydrogen (secondary N) is 1. The Bertz CT molecular complexity index is 90.9. The number of hydrogen-bond donors (Lipinski definition) is 1. The van der Waals surface area contributed by atoms with Gasteiger partial charge >= 0.3 is 0 Å². The van der Waals surface area contributed by atoms with E-state index in [0.29, 0.717) is 12.3 Å². The molecule has 0 fully saturated rings. The molecule has 52 valence electrons. The lowest BCUT2D eigenvalue weighted by Gasteiger charge is -2.02. The zero-order chi connectivity index (χ0) is 7.11. The van der Waals surface area contributed by atoms with E-state index in [-0.39, 0.29) is 0 Å². The zero-order valence-corrected chi connectivity index (χ0v) is 5.76. The standard InChI is InChI=1S/C7H13NO/c1-7(4-5-8)3-2-6-9/h5-8H,2-4H2,1H3. The summed E-state index contributed by atoms with van der Waals surface area (Å²) in [5.74, 6) is 0.493. The van der Waals surface area contributed by atoms with Crippen LogP contribution in [0.15, 0.2) is 0 Å². The van der Waals surface area contributed by atoms with Crippen LogP contribution in [0, 0.1) is 11.3 Å². The molecule has 0 aromatic heterocycles. The molecule has 0 aromatic carbocycles. The highest BCUT2D eigenvalue weighted by molar-refractivity contribution is 5.53. The molecule has 0 saturated heterocycles. The van der Waals surface area contributed by atoms with Crippen LogP contribution in [0.25, 0.3) is 0 Å². The average molecular weight is 127 g/mol. The lowest BCUT2D eigenvalue weighted by Crippen LogP contribution is -1.94. The van der Waals surface area contributed by atoms with Crippen molar-refractivity contribution in [3.63, 3.8) is 0 Å². The SMILES string of the molecule is CC(CC=N)CCC=O. The third-order valence-electron chi connectivity index (χ3n) is 1.30. The molecule has 0 saturated carbocycles. The van der Waals surface area contributed by atoms with Gasteiger partial charge in [-0.25, -0.2) is 0 Å². The molecule has 0 radical (unpaired) electrons. The predicted octanol–water partition coefficient (Wildman–Crippen LogP) is 1.64. The summed E-state index contributed by atoms with van der Waals surface area (Å²) in [6.45, 7) is 2.05. The highest BCUT2D eigenvalue weighted by Crippen LogP contribution is 2.06. The van der Waals surface area contributed by atoms with Crippen molar-refractivity contribution in [2.45, 2.75) is 26.2 Å². The van der Waals surface area contributed by atoms with E-state index in [9.17, 15) is 4.79 Å². The molecule has 1 unspecified atom stereocenters. The number of rotatable bonds is 5. The normalized spacial score (nSPS) is 12.6. The first kappa shape index (κ1) is 8.34. The minimum atomic E-state index is 0.493. The van der Waals surface area contributed by atoms with Crippen LogP contribution in [0.4, 0.5) is 0 Å². The second kappa shape index (κ2) is 5.48. The van der Waals surface area contributed by atoms with Crippen molar-refractivity contribution in [1.29, 1.82) is 5.41 Å². The van der Waals surface area contributed by atoms with Gasteiger partial charge in [-0.15, -0.1) is 0 Å². The smallest absolute Gasteiger partial charge is 0.120 e. The van der Waals surface area contributed by atoms with Crippen LogP contribution in [0.1, 0.15) is 26.2 Å². The molecule has 9 heavy (non-hydrogen) atoms. The third kappa shape index (κ3) is 5.21. The molecule has 2 nitrogen and oxygen atoms in total. The topological polar surface area (TPSA) is 40.9 Å². The van der Waals surface area contributed by atoms with E-state index in [1.165, 1.54) is 6.21 Å². The van der Waals surface area contributed by atoms with Gasteiger partial charge in [-0.3, -0.25) is 0 Å². The summed E-state index contributed by atoms with van der Waals surface area (Å²) in [5.41, 5.74) is 0. The highest BCUT2D eigenvalue weighted by atomic mass is 16.1. The highest BCUT2D eigenvalue weighted by Gasteiger charge is 1.97. The van der Waals surface area contributed by atoms with Gasteiger partial charge in [0.1, 0.15) is 6.29 Å². The van der Waals surface area contributed by atoms with Crippen LogP contribution in [0.2, 0.25) is 0 Å². The van der Waals surface area contributed by atoms with E-state index in [2.05, 4.69) is 6.92 Å². The molecular weight excluding hydrogens is 114 g/mol. The molecule has 1 atom stereocenters. The lowest BCUT2D eigenvalue weighted by molar-refractivity contribution is -0.108. The van der Waals surface area contributed by atoms with Gasteiger partial charge < -0.3 is 10.2 Å². The van der Waals surface area contributed by atoms with E-state index < -0.39 is 0 Å². The molecule has 0 rings (SSSR count).